The molecule has 1 aromatic heterocycles. The lowest BCUT2D eigenvalue weighted by atomic mass is 10.2. The molecule has 0 aromatic carbocycles. The van der Waals surface area contributed by atoms with Gasteiger partial charge < -0.3 is 10.7 Å². The first-order valence-corrected chi connectivity index (χ1v) is 4.11. The number of anilines is 1. The van der Waals surface area contributed by atoms with Gasteiger partial charge in [0.1, 0.15) is 0 Å². The molecular formula is C8H15N3. The molecule has 0 aliphatic heterocycles. The van der Waals surface area contributed by atoms with Gasteiger partial charge in [-0.3, -0.25) is 0 Å². The Hall–Kier alpha value is -0.990. The molecular weight excluding hydrogens is 138 g/mol. The Balaban J connectivity index is 2.83. The van der Waals surface area contributed by atoms with Crippen LogP contribution in [0.2, 0.25) is 0 Å². The molecule has 0 saturated carbocycles. The maximum absolute atomic E-state index is 5.52. The number of nitrogens with two attached hydrogens (primary N) is 1. The fourth-order valence-corrected chi connectivity index (χ4v) is 1.22. The van der Waals surface area contributed by atoms with Crippen LogP contribution in [0, 0.1) is 0 Å². The summed E-state index contributed by atoms with van der Waals surface area (Å²) in [5, 5.41) is 0. The van der Waals surface area contributed by atoms with Crippen LogP contribution < -0.4 is 5.73 Å². The first-order chi connectivity index (χ1) is 5.27. The third-order valence-electron chi connectivity index (χ3n) is 1.72. The Bertz CT molecular complexity index is 227. The van der Waals surface area contributed by atoms with Gasteiger partial charge in [-0.25, -0.2) is 4.98 Å². The lowest BCUT2D eigenvalue weighted by molar-refractivity contribution is 0.868. The summed E-state index contributed by atoms with van der Waals surface area (Å²) in [7, 11) is 0. The highest BCUT2D eigenvalue weighted by atomic mass is 15.0. The van der Waals surface area contributed by atoms with Crippen molar-refractivity contribution in [2.75, 3.05) is 5.73 Å². The Morgan fingerprint density at radius 1 is 1.45 bits per heavy atom. The van der Waals surface area contributed by atoms with Crippen molar-refractivity contribution in [3.63, 3.8) is 0 Å². The topological polar surface area (TPSA) is 54.7 Å². The normalized spacial score (nSPS) is 10.4. The number of aromatic nitrogens is 2. The molecule has 3 N–H and O–H groups in total. The van der Waals surface area contributed by atoms with E-state index in [0.29, 0.717) is 5.95 Å². The lowest BCUT2D eigenvalue weighted by Crippen LogP contribution is -1.89. The fourth-order valence-electron chi connectivity index (χ4n) is 1.22. The molecule has 1 aromatic rings. The summed E-state index contributed by atoms with van der Waals surface area (Å²) >= 11 is 0. The Morgan fingerprint density at radius 3 is 2.73 bits per heavy atom. The van der Waals surface area contributed by atoms with Gasteiger partial charge >= 0.3 is 0 Å². The summed E-state index contributed by atoms with van der Waals surface area (Å²) in [6.07, 6.45) is 3.14. The number of rotatable bonds is 3. The maximum atomic E-state index is 5.52. The second-order valence-electron chi connectivity index (χ2n) is 2.65. The highest BCUT2D eigenvalue weighted by Crippen LogP contribution is 2.09. The van der Waals surface area contributed by atoms with Gasteiger partial charge in [-0.1, -0.05) is 20.3 Å². The lowest BCUT2D eigenvalue weighted by Gasteiger charge is -1.94. The molecule has 1 rings (SSSR count). The minimum absolute atomic E-state index is 0.547. The van der Waals surface area contributed by atoms with Crippen LogP contribution >= 0.6 is 0 Å². The molecule has 0 aliphatic rings. The zero-order valence-electron chi connectivity index (χ0n) is 7.15. The summed E-state index contributed by atoms with van der Waals surface area (Å²) in [6.45, 7) is 4.24. The monoisotopic (exact) mass is 153 g/mol. The summed E-state index contributed by atoms with van der Waals surface area (Å²) in [6, 6.07) is 0. The molecule has 3 nitrogen and oxygen atoms in total. The molecule has 11 heavy (non-hydrogen) atoms. The van der Waals surface area contributed by atoms with Crippen LogP contribution in [-0.4, -0.2) is 9.97 Å². The quantitative estimate of drug-likeness (QED) is 0.691. The largest absolute Gasteiger partial charge is 0.369 e. The molecule has 0 fully saturated rings. The molecule has 0 amide bonds. The highest BCUT2D eigenvalue weighted by molar-refractivity contribution is 5.26. The van der Waals surface area contributed by atoms with Gasteiger partial charge in [0.2, 0.25) is 0 Å². The van der Waals surface area contributed by atoms with Crippen molar-refractivity contribution in [2.24, 2.45) is 0 Å². The molecule has 0 radical (unpaired) electrons. The predicted octanol–water partition coefficient (Wildman–Crippen LogP) is 1.51. The Morgan fingerprint density at radius 2 is 2.18 bits per heavy atom. The number of aromatic amines is 1. The van der Waals surface area contributed by atoms with Crippen molar-refractivity contribution in [3.05, 3.63) is 11.4 Å². The van der Waals surface area contributed by atoms with Gasteiger partial charge in [0.05, 0.1) is 5.69 Å². The van der Waals surface area contributed by atoms with E-state index in [1.807, 2.05) is 0 Å². The zero-order valence-corrected chi connectivity index (χ0v) is 7.15. The number of hydrogen-bond acceptors (Lipinski definition) is 2. The minimum Gasteiger partial charge on any atom is -0.369 e. The van der Waals surface area contributed by atoms with Crippen molar-refractivity contribution in [1.82, 2.24) is 9.97 Å². The van der Waals surface area contributed by atoms with Gasteiger partial charge in [0, 0.05) is 5.69 Å². The standard InChI is InChI=1S/C8H15N3/c1-3-5-7-6(4-2)10-8(9)11-7/h3-5H2,1-2H3,(H3,9,10,11). The summed E-state index contributed by atoms with van der Waals surface area (Å²) < 4.78 is 0. The summed E-state index contributed by atoms with van der Waals surface area (Å²) in [5.74, 6) is 0.547. The second kappa shape index (κ2) is 3.42. The van der Waals surface area contributed by atoms with E-state index in [2.05, 4.69) is 23.8 Å². The molecule has 3 heteroatoms. The number of H-pyrrole nitrogens is 1. The number of hydrogen-bond donors (Lipinski definition) is 2. The van der Waals surface area contributed by atoms with E-state index in [4.69, 9.17) is 5.73 Å². The van der Waals surface area contributed by atoms with Crippen molar-refractivity contribution in [2.45, 2.75) is 33.1 Å². The first kappa shape index (κ1) is 8.11. The van der Waals surface area contributed by atoms with E-state index in [0.717, 1.165) is 25.0 Å². The van der Waals surface area contributed by atoms with Crippen molar-refractivity contribution in [3.8, 4) is 0 Å². The molecule has 0 bridgehead atoms. The van der Waals surface area contributed by atoms with Gasteiger partial charge in [0.15, 0.2) is 5.95 Å². The number of nitrogens with one attached hydrogen (secondary N) is 1. The van der Waals surface area contributed by atoms with Crippen LogP contribution in [0.5, 0.6) is 0 Å². The Kier molecular flexibility index (Phi) is 2.52. The minimum atomic E-state index is 0.547. The molecule has 0 atom stereocenters. The van der Waals surface area contributed by atoms with E-state index in [1.165, 1.54) is 5.69 Å². The molecule has 0 aliphatic carbocycles. The van der Waals surface area contributed by atoms with Gasteiger partial charge in [0.25, 0.3) is 0 Å². The van der Waals surface area contributed by atoms with E-state index in [1.54, 1.807) is 0 Å². The number of imidazole rings is 1. The molecule has 0 unspecified atom stereocenters. The van der Waals surface area contributed by atoms with Crippen LogP contribution in [0.1, 0.15) is 31.7 Å². The van der Waals surface area contributed by atoms with Crippen molar-refractivity contribution < 1.29 is 0 Å². The number of aryl methyl sites for hydroxylation is 2. The van der Waals surface area contributed by atoms with Gasteiger partial charge in [-0.05, 0) is 12.8 Å². The zero-order chi connectivity index (χ0) is 8.27. The average Bonchev–Trinajstić information content (AvgIpc) is 2.32. The predicted molar refractivity (Wildman–Crippen MR) is 46.4 cm³/mol. The molecule has 62 valence electrons. The number of nitrogen functional groups attached to an aromatic ring is 1. The van der Waals surface area contributed by atoms with Crippen molar-refractivity contribution >= 4 is 5.95 Å². The Labute approximate surface area is 67.0 Å². The van der Waals surface area contributed by atoms with Crippen LogP contribution in [0.4, 0.5) is 5.95 Å². The number of nitrogens with zero attached hydrogens (tertiary/aromatic N) is 1. The average molecular weight is 153 g/mol. The SMILES string of the molecule is CCCc1[nH]c(N)nc1CC. The summed E-state index contributed by atoms with van der Waals surface area (Å²) in [5.41, 5.74) is 7.84. The van der Waals surface area contributed by atoms with E-state index in [-0.39, 0.29) is 0 Å². The third kappa shape index (κ3) is 1.73. The van der Waals surface area contributed by atoms with Crippen molar-refractivity contribution in [1.29, 1.82) is 0 Å². The molecule has 0 saturated heterocycles. The summed E-state index contributed by atoms with van der Waals surface area (Å²) in [4.78, 5) is 7.23. The van der Waals surface area contributed by atoms with Gasteiger partial charge in [-0.2, -0.15) is 0 Å². The first-order valence-electron chi connectivity index (χ1n) is 4.11. The molecule has 0 spiro atoms. The fraction of sp³-hybridized carbons (Fsp3) is 0.625. The highest BCUT2D eigenvalue weighted by Gasteiger charge is 2.04. The van der Waals surface area contributed by atoms with Crippen LogP contribution in [-0.2, 0) is 12.8 Å². The third-order valence-corrected chi connectivity index (χ3v) is 1.72. The van der Waals surface area contributed by atoms with Crippen LogP contribution in [0.3, 0.4) is 0 Å². The molecule has 1 heterocycles. The van der Waals surface area contributed by atoms with Gasteiger partial charge in [-0.15, -0.1) is 0 Å². The van der Waals surface area contributed by atoms with Crippen LogP contribution in [0.25, 0.3) is 0 Å². The van der Waals surface area contributed by atoms with Crippen LogP contribution in [0.15, 0.2) is 0 Å². The van der Waals surface area contributed by atoms with E-state index >= 15 is 0 Å². The maximum Gasteiger partial charge on any atom is 0.197 e. The van der Waals surface area contributed by atoms with E-state index < -0.39 is 0 Å². The smallest absolute Gasteiger partial charge is 0.197 e. The van der Waals surface area contributed by atoms with E-state index in [9.17, 15) is 0 Å². The second-order valence-corrected chi connectivity index (χ2v) is 2.65.